The maximum absolute atomic E-state index is 12.8. The zero-order valence-electron chi connectivity index (χ0n) is 10.8. The molecule has 0 aliphatic rings. The van der Waals surface area contributed by atoms with Crippen molar-refractivity contribution < 1.29 is 4.39 Å². The Kier molecular flexibility index (Phi) is 3.78. The number of halogens is 1. The first-order valence-corrected chi connectivity index (χ1v) is 6.77. The van der Waals surface area contributed by atoms with Gasteiger partial charge in [0.05, 0.1) is 5.69 Å². The zero-order valence-corrected chi connectivity index (χ0v) is 11.6. The molecule has 0 atom stereocenters. The molecular formula is C14H17FN2S. The molecule has 0 spiro atoms. The maximum atomic E-state index is 12.8. The van der Waals surface area contributed by atoms with Gasteiger partial charge in [-0.15, -0.1) is 11.3 Å². The molecule has 0 amide bonds. The van der Waals surface area contributed by atoms with Gasteiger partial charge in [0.25, 0.3) is 0 Å². The number of aromatic nitrogens is 1. The second kappa shape index (κ2) is 5.16. The van der Waals surface area contributed by atoms with Crippen molar-refractivity contribution in [2.45, 2.75) is 32.9 Å². The van der Waals surface area contributed by atoms with E-state index in [4.69, 9.17) is 0 Å². The summed E-state index contributed by atoms with van der Waals surface area (Å²) in [6.07, 6.45) is 0. The molecule has 0 aliphatic carbocycles. The summed E-state index contributed by atoms with van der Waals surface area (Å²) in [4.78, 5) is 4.55. The van der Waals surface area contributed by atoms with Crippen LogP contribution < -0.4 is 5.32 Å². The van der Waals surface area contributed by atoms with Gasteiger partial charge in [-0.2, -0.15) is 0 Å². The lowest BCUT2D eigenvalue weighted by Gasteiger charge is -2.19. The van der Waals surface area contributed by atoms with Gasteiger partial charge in [-0.1, -0.05) is 0 Å². The first-order valence-electron chi connectivity index (χ1n) is 5.89. The summed E-state index contributed by atoms with van der Waals surface area (Å²) in [5, 5.41) is 6.37. The van der Waals surface area contributed by atoms with E-state index in [0.29, 0.717) is 0 Å². The van der Waals surface area contributed by atoms with E-state index in [-0.39, 0.29) is 11.4 Å². The molecule has 0 radical (unpaired) electrons. The number of thiazole rings is 1. The number of nitrogens with zero attached hydrogens (tertiary/aromatic N) is 1. The topological polar surface area (TPSA) is 24.9 Å². The minimum absolute atomic E-state index is 0.0830. The third-order valence-corrected chi connectivity index (χ3v) is 3.38. The minimum atomic E-state index is -0.218. The van der Waals surface area contributed by atoms with Gasteiger partial charge in [-0.3, -0.25) is 0 Å². The van der Waals surface area contributed by atoms with Crippen LogP contribution in [0.4, 0.5) is 4.39 Å². The molecule has 0 bridgehead atoms. The molecule has 2 nitrogen and oxygen atoms in total. The van der Waals surface area contributed by atoms with Gasteiger partial charge in [0.2, 0.25) is 0 Å². The van der Waals surface area contributed by atoms with Gasteiger partial charge in [-0.05, 0) is 45.0 Å². The van der Waals surface area contributed by atoms with Gasteiger partial charge < -0.3 is 5.32 Å². The van der Waals surface area contributed by atoms with Gasteiger partial charge in [0, 0.05) is 23.0 Å². The summed E-state index contributed by atoms with van der Waals surface area (Å²) in [7, 11) is 0. The van der Waals surface area contributed by atoms with E-state index in [9.17, 15) is 4.39 Å². The lowest BCUT2D eigenvalue weighted by atomic mass is 10.1. The quantitative estimate of drug-likeness (QED) is 0.911. The Morgan fingerprint density at radius 2 is 1.89 bits per heavy atom. The molecule has 0 saturated carbocycles. The molecule has 0 fully saturated rings. The monoisotopic (exact) mass is 264 g/mol. The molecule has 96 valence electrons. The predicted molar refractivity (Wildman–Crippen MR) is 74.1 cm³/mol. The number of hydrogen-bond acceptors (Lipinski definition) is 3. The predicted octanol–water partition coefficient (Wildman–Crippen LogP) is 3.84. The van der Waals surface area contributed by atoms with E-state index < -0.39 is 0 Å². The standard InChI is InChI=1S/C14H17FN2S/c1-14(2,3)16-8-12-9-18-13(17-12)10-4-6-11(15)7-5-10/h4-7,9,16H,8H2,1-3H3. The van der Waals surface area contributed by atoms with Crippen LogP contribution in [0.3, 0.4) is 0 Å². The highest BCUT2D eigenvalue weighted by Crippen LogP contribution is 2.23. The highest BCUT2D eigenvalue weighted by Gasteiger charge is 2.10. The van der Waals surface area contributed by atoms with Crippen LogP contribution in [-0.2, 0) is 6.54 Å². The lowest BCUT2D eigenvalue weighted by molar-refractivity contribution is 0.422. The van der Waals surface area contributed by atoms with Crippen LogP contribution in [0.25, 0.3) is 10.6 Å². The maximum Gasteiger partial charge on any atom is 0.123 e. The van der Waals surface area contributed by atoms with Gasteiger partial charge in [0.15, 0.2) is 0 Å². The third-order valence-electron chi connectivity index (χ3n) is 2.44. The molecule has 2 aromatic rings. The first kappa shape index (κ1) is 13.2. The number of nitrogens with one attached hydrogen (secondary N) is 1. The molecule has 2 rings (SSSR count). The molecule has 1 N–H and O–H groups in total. The highest BCUT2D eigenvalue weighted by molar-refractivity contribution is 7.13. The summed E-state index contributed by atoms with van der Waals surface area (Å²) >= 11 is 1.59. The molecule has 1 aromatic heterocycles. The summed E-state index contributed by atoms with van der Waals surface area (Å²) in [6, 6.07) is 6.44. The van der Waals surface area contributed by atoms with Crippen molar-refractivity contribution in [2.75, 3.05) is 0 Å². The Morgan fingerprint density at radius 3 is 2.50 bits per heavy atom. The Balaban J connectivity index is 2.08. The lowest BCUT2D eigenvalue weighted by Crippen LogP contribution is -2.35. The Bertz CT molecular complexity index is 511. The van der Waals surface area contributed by atoms with E-state index >= 15 is 0 Å². The smallest absolute Gasteiger partial charge is 0.123 e. The largest absolute Gasteiger partial charge is 0.306 e. The van der Waals surface area contributed by atoms with E-state index in [1.165, 1.54) is 12.1 Å². The van der Waals surface area contributed by atoms with Crippen molar-refractivity contribution in [3.8, 4) is 10.6 Å². The Morgan fingerprint density at radius 1 is 1.22 bits per heavy atom. The fourth-order valence-corrected chi connectivity index (χ4v) is 2.29. The van der Waals surface area contributed by atoms with Crippen molar-refractivity contribution in [3.05, 3.63) is 41.2 Å². The third kappa shape index (κ3) is 3.62. The minimum Gasteiger partial charge on any atom is -0.306 e. The molecule has 18 heavy (non-hydrogen) atoms. The summed E-state index contributed by atoms with van der Waals surface area (Å²) in [5.41, 5.74) is 2.07. The first-order chi connectivity index (χ1) is 8.44. The van der Waals surface area contributed by atoms with Gasteiger partial charge >= 0.3 is 0 Å². The Labute approximate surface area is 111 Å². The van der Waals surface area contributed by atoms with Crippen LogP contribution >= 0.6 is 11.3 Å². The van der Waals surface area contributed by atoms with E-state index in [1.54, 1.807) is 23.5 Å². The molecular weight excluding hydrogens is 247 g/mol. The van der Waals surface area contributed by atoms with Crippen molar-refractivity contribution in [3.63, 3.8) is 0 Å². The van der Waals surface area contributed by atoms with Gasteiger partial charge in [-0.25, -0.2) is 9.37 Å². The van der Waals surface area contributed by atoms with Crippen molar-refractivity contribution >= 4 is 11.3 Å². The van der Waals surface area contributed by atoms with Crippen LogP contribution in [0.5, 0.6) is 0 Å². The van der Waals surface area contributed by atoms with Crippen LogP contribution in [0.15, 0.2) is 29.6 Å². The average Bonchev–Trinajstić information content (AvgIpc) is 2.75. The van der Waals surface area contributed by atoms with Crippen molar-refractivity contribution in [2.24, 2.45) is 0 Å². The van der Waals surface area contributed by atoms with Crippen LogP contribution in [0.1, 0.15) is 26.5 Å². The Hall–Kier alpha value is -1.26. The SMILES string of the molecule is CC(C)(C)NCc1csc(-c2ccc(F)cc2)n1. The molecule has 4 heteroatoms. The second-order valence-electron chi connectivity index (χ2n) is 5.25. The molecule has 1 aromatic carbocycles. The second-order valence-corrected chi connectivity index (χ2v) is 6.11. The average molecular weight is 264 g/mol. The van der Waals surface area contributed by atoms with Crippen molar-refractivity contribution in [1.82, 2.24) is 10.3 Å². The highest BCUT2D eigenvalue weighted by atomic mass is 32.1. The van der Waals surface area contributed by atoms with Crippen LogP contribution in [0, 0.1) is 5.82 Å². The number of hydrogen-bond donors (Lipinski definition) is 1. The molecule has 0 saturated heterocycles. The summed E-state index contributed by atoms with van der Waals surface area (Å²) < 4.78 is 12.8. The van der Waals surface area contributed by atoms with E-state index in [0.717, 1.165) is 22.8 Å². The fourth-order valence-electron chi connectivity index (χ4n) is 1.47. The van der Waals surface area contributed by atoms with E-state index in [1.807, 2.05) is 5.38 Å². The fraction of sp³-hybridized carbons (Fsp3) is 0.357. The van der Waals surface area contributed by atoms with Crippen LogP contribution in [0.2, 0.25) is 0 Å². The normalized spacial score (nSPS) is 11.8. The number of rotatable bonds is 3. The number of benzene rings is 1. The van der Waals surface area contributed by atoms with Crippen molar-refractivity contribution in [1.29, 1.82) is 0 Å². The van der Waals surface area contributed by atoms with Gasteiger partial charge in [0.1, 0.15) is 10.8 Å². The summed E-state index contributed by atoms with van der Waals surface area (Å²) in [6.45, 7) is 7.13. The van der Waals surface area contributed by atoms with E-state index in [2.05, 4.69) is 31.1 Å². The molecule has 0 aliphatic heterocycles. The zero-order chi connectivity index (χ0) is 13.2. The summed E-state index contributed by atoms with van der Waals surface area (Å²) in [5.74, 6) is -0.218. The molecule has 1 heterocycles. The van der Waals surface area contributed by atoms with Crippen LogP contribution in [-0.4, -0.2) is 10.5 Å². The molecule has 0 unspecified atom stereocenters.